The number of carbonyl (C=O) groups excluding carboxylic acids is 1. The van der Waals surface area contributed by atoms with Crippen LogP contribution in [0.3, 0.4) is 0 Å². The highest BCUT2D eigenvalue weighted by atomic mass is 79.9. The lowest BCUT2D eigenvalue weighted by atomic mass is 10.2. The summed E-state index contributed by atoms with van der Waals surface area (Å²) < 4.78 is 1.04. The van der Waals surface area contributed by atoms with E-state index in [0.29, 0.717) is 5.75 Å². The van der Waals surface area contributed by atoms with Gasteiger partial charge in [0.1, 0.15) is 0 Å². The van der Waals surface area contributed by atoms with Crippen molar-refractivity contribution in [2.24, 2.45) is 0 Å². The predicted molar refractivity (Wildman–Crippen MR) is 63.3 cm³/mol. The van der Waals surface area contributed by atoms with Crippen LogP contribution in [0.5, 0.6) is 0 Å². The van der Waals surface area contributed by atoms with Crippen molar-refractivity contribution >= 4 is 41.7 Å². The summed E-state index contributed by atoms with van der Waals surface area (Å²) in [5, 5.41) is 0.0953. The van der Waals surface area contributed by atoms with Crippen molar-refractivity contribution in [1.29, 1.82) is 0 Å². The Morgan fingerprint density at radius 2 is 2.00 bits per heavy atom. The Labute approximate surface area is 93.3 Å². The summed E-state index contributed by atoms with van der Waals surface area (Å²) >= 11 is 8.39. The monoisotopic (exact) mass is 276 g/mol. The maximum Gasteiger partial charge on any atom is 0.190 e. The van der Waals surface area contributed by atoms with E-state index in [1.54, 1.807) is 6.92 Å². The SMILES string of the molecule is CC(=O)S(=S)Cc1ccc(Br)cc1. The summed E-state index contributed by atoms with van der Waals surface area (Å²) in [5.41, 5.74) is 1.12. The molecule has 0 aliphatic heterocycles. The fourth-order valence-corrected chi connectivity index (χ4v) is 2.20. The Hall–Kier alpha value is -0.0600. The van der Waals surface area contributed by atoms with E-state index in [1.165, 1.54) is 0 Å². The Morgan fingerprint density at radius 1 is 1.46 bits per heavy atom. The molecule has 0 aliphatic carbocycles. The quantitative estimate of drug-likeness (QED) is 0.826. The molecule has 1 atom stereocenters. The van der Waals surface area contributed by atoms with Gasteiger partial charge in [0.25, 0.3) is 0 Å². The first-order chi connectivity index (χ1) is 6.09. The van der Waals surface area contributed by atoms with E-state index in [9.17, 15) is 4.79 Å². The maximum absolute atomic E-state index is 10.9. The average Bonchev–Trinajstić information content (AvgIpc) is 2.08. The minimum Gasteiger partial charge on any atom is -0.287 e. The minimum atomic E-state index is -0.550. The van der Waals surface area contributed by atoms with E-state index >= 15 is 0 Å². The Bertz CT molecular complexity index is 332. The van der Waals surface area contributed by atoms with Crippen LogP contribution >= 0.6 is 15.9 Å². The highest BCUT2D eigenvalue weighted by Gasteiger charge is 2.01. The maximum atomic E-state index is 10.9. The topological polar surface area (TPSA) is 17.1 Å². The van der Waals surface area contributed by atoms with E-state index in [4.69, 9.17) is 11.2 Å². The van der Waals surface area contributed by atoms with E-state index in [1.807, 2.05) is 24.3 Å². The van der Waals surface area contributed by atoms with Crippen molar-refractivity contribution < 1.29 is 4.79 Å². The Balaban J connectivity index is 2.70. The molecule has 0 aliphatic rings. The van der Waals surface area contributed by atoms with E-state index < -0.39 is 9.45 Å². The molecule has 0 saturated heterocycles. The van der Waals surface area contributed by atoms with Crippen LogP contribution in [0.4, 0.5) is 0 Å². The number of hydrogen-bond donors (Lipinski definition) is 0. The van der Waals surface area contributed by atoms with Gasteiger partial charge in [-0.3, -0.25) is 4.79 Å². The largest absolute Gasteiger partial charge is 0.287 e. The molecule has 1 nitrogen and oxygen atoms in total. The third kappa shape index (κ3) is 3.67. The zero-order valence-electron chi connectivity index (χ0n) is 7.12. The first kappa shape index (κ1) is 11.0. The molecule has 1 aromatic carbocycles. The first-order valence-corrected chi connectivity index (χ1v) is 6.84. The van der Waals surface area contributed by atoms with E-state index in [-0.39, 0.29) is 5.12 Å². The summed E-state index contributed by atoms with van der Waals surface area (Å²) in [6, 6.07) is 7.89. The van der Waals surface area contributed by atoms with Crippen molar-refractivity contribution in [2.45, 2.75) is 12.7 Å². The normalized spacial score (nSPS) is 12.5. The summed E-state index contributed by atoms with van der Waals surface area (Å²) in [7, 11) is -0.550. The third-order valence-corrected chi connectivity index (χ3v) is 4.35. The van der Waals surface area contributed by atoms with Crippen LogP contribution in [0.1, 0.15) is 12.5 Å². The standard InChI is InChI=1S/C9H9BrOS2/c1-7(11)13(12)6-8-2-4-9(10)5-3-8/h2-5H,6H2,1H3. The Kier molecular flexibility index (Phi) is 4.22. The fourth-order valence-electron chi connectivity index (χ4n) is 0.834. The second kappa shape index (κ2) is 4.98. The molecule has 4 heteroatoms. The van der Waals surface area contributed by atoms with Crippen molar-refractivity contribution in [3.8, 4) is 0 Å². The van der Waals surface area contributed by atoms with Crippen LogP contribution in [0.15, 0.2) is 28.7 Å². The molecule has 0 fully saturated rings. The molecule has 0 heterocycles. The summed E-state index contributed by atoms with van der Waals surface area (Å²) in [5.74, 6) is 0.679. The predicted octanol–water partition coefficient (Wildman–Crippen LogP) is 2.58. The molecule has 0 spiro atoms. The van der Waals surface area contributed by atoms with Gasteiger partial charge in [0.2, 0.25) is 0 Å². The minimum absolute atomic E-state index is 0.0953. The fraction of sp³-hybridized carbons (Fsp3) is 0.222. The lowest BCUT2D eigenvalue weighted by molar-refractivity contribution is -0.109. The third-order valence-electron chi connectivity index (χ3n) is 1.53. The van der Waals surface area contributed by atoms with Crippen LogP contribution in [0.25, 0.3) is 0 Å². The molecule has 1 rings (SSSR count). The van der Waals surface area contributed by atoms with Gasteiger partial charge in [-0.25, -0.2) is 0 Å². The number of hydrogen-bond acceptors (Lipinski definition) is 2. The molecule has 0 saturated carbocycles. The number of halogens is 1. The number of benzene rings is 1. The van der Waals surface area contributed by atoms with Crippen molar-refractivity contribution in [3.05, 3.63) is 34.3 Å². The zero-order valence-corrected chi connectivity index (χ0v) is 10.3. The zero-order chi connectivity index (χ0) is 9.84. The lowest BCUT2D eigenvalue weighted by Crippen LogP contribution is -2.02. The van der Waals surface area contributed by atoms with Crippen molar-refractivity contribution in [1.82, 2.24) is 0 Å². The average molecular weight is 277 g/mol. The Morgan fingerprint density at radius 3 is 2.46 bits per heavy atom. The van der Waals surface area contributed by atoms with E-state index in [2.05, 4.69) is 15.9 Å². The van der Waals surface area contributed by atoms with Gasteiger partial charge >= 0.3 is 0 Å². The molecule has 70 valence electrons. The molecule has 1 unspecified atom stereocenters. The first-order valence-electron chi connectivity index (χ1n) is 3.73. The number of carbonyl (C=O) groups is 1. The van der Waals surface area contributed by atoms with Crippen LogP contribution in [0.2, 0.25) is 0 Å². The molecule has 13 heavy (non-hydrogen) atoms. The molecule has 0 aromatic heterocycles. The molecule has 0 N–H and O–H groups in total. The second-order valence-electron chi connectivity index (χ2n) is 2.61. The molecule has 0 bridgehead atoms. The van der Waals surface area contributed by atoms with Crippen molar-refractivity contribution in [3.63, 3.8) is 0 Å². The van der Waals surface area contributed by atoms with Crippen LogP contribution in [0, 0.1) is 0 Å². The van der Waals surface area contributed by atoms with Gasteiger partial charge in [-0.05, 0) is 28.9 Å². The van der Waals surface area contributed by atoms with E-state index in [0.717, 1.165) is 10.0 Å². The van der Waals surface area contributed by atoms with Gasteiger partial charge < -0.3 is 0 Å². The molecule has 0 radical (unpaired) electrons. The molecular weight excluding hydrogens is 268 g/mol. The second-order valence-corrected chi connectivity index (χ2v) is 6.29. The van der Waals surface area contributed by atoms with Crippen LogP contribution in [-0.4, -0.2) is 5.12 Å². The number of rotatable bonds is 2. The van der Waals surface area contributed by atoms with Gasteiger partial charge in [-0.2, -0.15) is 0 Å². The van der Waals surface area contributed by atoms with Gasteiger partial charge in [0, 0.05) is 17.1 Å². The van der Waals surface area contributed by atoms with Gasteiger partial charge in [0.05, 0.1) is 0 Å². The van der Waals surface area contributed by atoms with Gasteiger partial charge in [-0.1, -0.05) is 37.5 Å². The summed E-state index contributed by atoms with van der Waals surface area (Å²) in [6.07, 6.45) is 0. The van der Waals surface area contributed by atoms with Crippen molar-refractivity contribution in [2.75, 3.05) is 0 Å². The molecule has 1 aromatic rings. The highest BCUT2D eigenvalue weighted by Crippen LogP contribution is 2.12. The summed E-state index contributed by atoms with van der Waals surface area (Å²) in [4.78, 5) is 10.9. The lowest BCUT2D eigenvalue weighted by Gasteiger charge is -2.01. The smallest absolute Gasteiger partial charge is 0.190 e. The highest BCUT2D eigenvalue weighted by molar-refractivity contribution is 9.10. The van der Waals surface area contributed by atoms with Gasteiger partial charge in [-0.15, -0.1) is 0 Å². The van der Waals surface area contributed by atoms with Crippen LogP contribution < -0.4 is 0 Å². The summed E-state index contributed by atoms with van der Waals surface area (Å²) in [6.45, 7) is 1.55. The molecular formula is C9H9BrOS2. The van der Waals surface area contributed by atoms with Gasteiger partial charge in [0.15, 0.2) is 5.12 Å². The van der Waals surface area contributed by atoms with Crippen LogP contribution in [-0.2, 0) is 31.2 Å². The molecule has 0 amide bonds.